The van der Waals surface area contributed by atoms with Crippen LogP contribution in [0.15, 0.2) is 58.8 Å². The number of hydrazine groups is 1. The van der Waals surface area contributed by atoms with Crippen molar-refractivity contribution in [2.75, 3.05) is 45.7 Å². The summed E-state index contributed by atoms with van der Waals surface area (Å²) < 4.78 is 0. The third kappa shape index (κ3) is 6.84. The van der Waals surface area contributed by atoms with Crippen LogP contribution in [-0.4, -0.2) is 42.4 Å². The molecule has 2 aromatic carbocycles. The number of benzene rings is 2. The topological polar surface area (TPSA) is 84.3 Å². The molecule has 11 heteroatoms. The van der Waals surface area contributed by atoms with Crippen LogP contribution in [-0.2, 0) is 0 Å². The molecule has 0 saturated carbocycles. The Labute approximate surface area is 257 Å². The monoisotopic (exact) mass is 603 g/mol. The minimum absolute atomic E-state index is 0.334. The summed E-state index contributed by atoms with van der Waals surface area (Å²) in [6, 6.07) is 17.6. The van der Waals surface area contributed by atoms with E-state index >= 15 is 0 Å². The first-order valence-corrected chi connectivity index (χ1v) is 16.2. The zero-order chi connectivity index (χ0) is 29.8. The number of aromatic nitrogens is 2. The van der Waals surface area contributed by atoms with E-state index in [1.165, 1.54) is 53.0 Å². The molecule has 1 aliphatic rings. The maximum atomic E-state index is 4.45. The summed E-state index contributed by atoms with van der Waals surface area (Å²) >= 11 is 3.32. The van der Waals surface area contributed by atoms with Crippen LogP contribution in [0.2, 0.25) is 0 Å². The van der Waals surface area contributed by atoms with Gasteiger partial charge in [-0.15, -0.1) is 31.8 Å². The van der Waals surface area contributed by atoms with Crippen LogP contribution in [0.3, 0.4) is 0 Å². The van der Waals surface area contributed by atoms with Gasteiger partial charge in [-0.1, -0.05) is 11.3 Å². The highest BCUT2D eigenvalue weighted by molar-refractivity contribution is 7.20. The second kappa shape index (κ2) is 13.1. The van der Waals surface area contributed by atoms with Gasteiger partial charge in [-0.25, -0.2) is 0 Å². The standard InChI is InChI=1S/C31H41N9S2/c1-20(2)40(21(3)4)31-37-36-30(42-31)35-34-26-12-10-24(18-22(26)5)32-33-27-13-11-25(19-23(27)6)38(7)28-14-15-29(41-28)39-16-8-9-17-39/h10-15,18-21,32-33H,8-9,16-17H2,1-7H3. The average Bonchev–Trinajstić information content (AvgIpc) is 3.73. The van der Waals surface area contributed by atoms with Gasteiger partial charge < -0.3 is 25.6 Å². The molecule has 1 fully saturated rings. The number of hydrogen-bond acceptors (Lipinski definition) is 11. The number of rotatable bonds is 11. The van der Waals surface area contributed by atoms with E-state index in [4.69, 9.17) is 0 Å². The molecule has 1 aliphatic heterocycles. The van der Waals surface area contributed by atoms with Crippen LogP contribution in [0.1, 0.15) is 51.7 Å². The Kier molecular flexibility index (Phi) is 9.27. The van der Waals surface area contributed by atoms with Gasteiger partial charge in [0.15, 0.2) is 0 Å². The van der Waals surface area contributed by atoms with Crippen molar-refractivity contribution >= 4 is 65.7 Å². The fraction of sp³-hybridized carbons (Fsp3) is 0.419. The van der Waals surface area contributed by atoms with E-state index in [-0.39, 0.29) is 0 Å². The summed E-state index contributed by atoms with van der Waals surface area (Å²) in [4.78, 5) is 6.99. The minimum atomic E-state index is 0.334. The third-order valence-electron chi connectivity index (χ3n) is 7.44. The molecule has 0 unspecified atom stereocenters. The zero-order valence-corrected chi connectivity index (χ0v) is 27.2. The Balaban J connectivity index is 1.19. The first kappa shape index (κ1) is 29.8. The van der Waals surface area contributed by atoms with E-state index in [1.807, 2.05) is 30.4 Å². The van der Waals surface area contributed by atoms with E-state index in [9.17, 15) is 0 Å². The van der Waals surface area contributed by atoms with Crippen molar-refractivity contribution in [3.63, 3.8) is 0 Å². The molecule has 0 spiro atoms. The molecule has 1 saturated heterocycles. The number of anilines is 6. The van der Waals surface area contributed by atoms with Gasteiger partial charge in [0, 0.05) is 37.9 Å². The summed E-state index contributed by atoms with van der Waals surface area (Å²) in [5.41, 5.74) is 12.8. The maximum Gasteiger partial charge on any atom is 0.253 e. The molecule has 0 radical (unpaired) electrons. The lowest BCUT2D eigenvalue weighted by Gasteiger charge is -2.29. The van der Waals surface area contributed by atoms with Gasteiger partial charge in [0.05, 0.1) is 27.1 Å². The van der Waals surface area contributed by atoms with E-state index < -0.39 is 0 Å². The molecule has 3 heterocycles. The Bertz CT molecular complexity index is 1510. The first-order valence-electron chi connectivity index (χ1n) is 14.5. The average molecular weight is 604 g/mol. The Morgan fingerprint density at radius 3 is 2.29 bits per heavy atom. The van der Waals surface area contributed by atoms with Crippen LogP contribution in [0.4, 0.5) is 43.0 Å². The second-order valence-corrected chi connectivity index (χ2v) is 13.3. The van der Waals surface area contributed by atoms with Crippen molar-refractivity contribution in [2.45, 2.75) is 66.5 Å². The smallest absolute Gasteiger partial charge is 0.253 e. The molecule has 222 valence electrons. The molecular formula is C31H41N9S2. The minimum Gasteiger partial charge on any atom is -0.363 e. The first-order chi connectivity index (χ1) is 20.2. The van der Waals surface area contributed by atoms with Gasteiger partial charge in [0.25, 0.3) is 5.13 Å². The number of azo groups is 1. The Morgan fingerprint density at radius 2 is 1.60 bits per heavy atom. The second-order valence-electron chi connectivity index (χ2n) is 11.3. The SMILES string of the molecule is Cc1cc(NNc2ccc(N(C)c3ccc(N4CCCC4)s3)cc2C)ccc1N=Nc1nnc(N(C(C)C)C(C)C)s1. The largest absolute Gasteiger partial charge is 0.363 e. The maximum absolute atomic E-state index is 4.45. The highest BCUT2D eigenvalue weighted by atomic mass is 32.1. The molecule has 4 aromatic rings. The van der Waals surface area contributed by atoms with Crippen molar-refractivity contribution < 1.29 is 0 Å². The van der Waals surface area contributed by atoms with Crippen molar-refractivity contribution in [3.05, 3.63) is 59.7 Å². The number of nitrogens with one attached hydrogen (secondary N) is 2. The molecule has 2 N–H and O–H groups in total. The summed E-state index contributed by atoms with van der Waals surface area (Å²) in [6.07, 6.45) is 2.59. The van der Waals surface area contributed by atoms with Crippen LogP contribution in [0.25, 0.3) is 0 Å². The van der Waals surface area contributed by atoms with Gasteiger partial charge in [0.2, 0.25) is 5.13 Å². The third-order valence-corrected chi connectivity index (χ3v) is 9.49. The van der Waals surface area contributed by atoms with Crippen LogP contribution >= 0.6 is 22.7 Å². The lowest BCUT2D eigenvalue weighted by molar-refractivity contribution is 0.603. The molecule has 0 atom stereocenters. The van der Waals surface area contributed by atoms with Crippen LogP contribution in [0.5, 0.6) is 0 Å². The van der Waals surface area contributed by atoms with E-state index in [0.29, 0.717) is 17.2 Å². The lowest BCUT2D eigenvalue weighted by Crippen LogP contribution is -2.36. The van der Waals surface area contributed by atoms with Crippen molar-refractivity contribution in [1.82, 2.24) is 10.2 Å². The van der Waals surface area contributed by atoms with Crippen LogP contribution < -0.4 is 25.6 Å². The predicted octanol–water partition coefficient (Wildman–Crippen LogP) is 9.06. The van der Waals surface area contributed by atoms with Crippen molar-refractivity contribution in [3.8, 4) is 0 Å². The quantitative estimate of drug-likeness (QED) is 0.131. The van der Waals surface area contributed by atoms with Crippen molar-refractivity contribution in [2.24, 2.45) is 10.2 Å². The molecule has 0 aliphatic carbocycles. The predicted molar refractivity (Wildman–Crippen MR) is 180 cm³/mol. The highest BCUT2D eigenvalue weighted by Gasteiger charge is 2.19. The molecule has 2 aromatic heterocycles. The van der Waals surface area contributed by atoms with Crippen molar-refractivity contribution in [1.29, 1.82) is 0 Å². The number of hydrogen-bond donors (Lipinski definition) is 2. The fourth-order valence-corrected chi connectivity index (χ4v) is 7.18. The Morgan fingerprint density at radius 1 is 0.833 bits per heavy atom. The number of nitrogens with zero attached hydrogens (tertiary/aromatic N) is 7. The lowest BCUT2D eigenvalue weighted by atomic mass is 10.1. The Hall–Kier alpha value is -3.70. The van der Waals surface area contributed by atoms with Gasteiger partial charge >= 0.3 is 0 Å². The molecule has 42 heavy (non-hydrogen) atoms. The van der Waals surface area contributed by atoms with Gasteiger partial charge in [0.1, 0.15) is 0 Å². The van der Waals surface area contributed by atoms with Gasteiger partial charge in [-0.2, -0.15) is 0 Å². The highest BCUT2D eigenvalue weighted by Crippen LogP contribution is 2.38. The zero-order valence-electron chi connectivity index (χ0n) is 25.5. The van der Waals surface area contributed by atoms with Crippen LogP contribution in [0, 0.1) is 13.8 Å². The van der Waals surface area contributed by atoms with E-state index in [2.05, 4.69) is 124 Å². The molecule has 0 bridgehead atoms. The fourth-order valence-electron chi connectivity index (χ4n) is 5.20. The number of aryl methyl sites for hydroxylation is 2. The van der Waals surface area contributed by atoms with E-state index in [0.717, 1.165) is 33.3 Å². The summed E-state index contributed by atoms with van der Waals surface area (Å²) in [5, 5.41) is 21.4. The number of thiophene rings is 1. The summed E-state index contributed by atoms with van der Waals surface area (Å²) in [5.74, 6) is 0. The van der Waals surface area contributed by atoms with Gasteiger partial charge in [-0.3, -0.25) is 0 Å². The molecular weight excluding hydrogens is 563 g/mol. The summed E-state index contributed by atoms with van der Waals surface area (Å²) in [6.45, 7) is 15.1. The van der Waals surface area contributed by atoms with E-state index in [1.54, 1.807) is 0 Å². The summed E-state index contributed by atoms with van der Waals surface area (Å²) in [7, 11) is 2.14. The molecule has 0 amide bonds. The molecule has 9 nitrogen and oxygen atoms in total. The molecule has 5 rings (SSSR count). The van der Waals surface area contributed by atoms with Gasteiger partial charge in [-0.05, 0) is 114 Å². The normalized spacial score (nSPS) is 13.5.